The predicted molar refractivity (Wildman–Crippen MR) is 293 cm³/mol. The first kappa shape index (κ1) is 42.6. The topological polar surface area (TPSA) is 46.5 Å². The van der Waals surface area contributed by atoms with Crippen molar-refractivity contribution >= 4 is 43.6 Å². The molecule has 0 atom stereocenters. The van der Waals surface area contributed by atoms with Gasteiger partial charge in [0.15, 0.2) is 0 Å². The van der Waals surface area contributed by atoms with E-state index in [9.17, 15) is 5.26 Å². The van der Waals surface area contributed by atoms with Crippen molar-refractivity contribution in [3.8, 4) is 73.1 Å². The number of fused-ring (bicyclic) bond motifs is 6. The molecule has 0 unspecified atom stereocenters. The normalized spacial score (nSPS) is 11.6. The second-order valence-corrected chi connectivity index (χ2v) is 19.2. The predicted octanol–water partition coefficient (Wildman–Crippen LogP) is 17.3. The molecule has 0 aliphatic heterocycles. The lowest BCUT2D eigenvalue weighted by molar-refractivity contribution is 1.09. The zero-order valence-corrected chi connectivity index (χ0v) is 40.3. The maximum absolute atomic E-state index is 11.3. The van der Waals surface area contributed by atoms with Crippen LogP contribution in [0.5, 0.6) is 0 Å². The second-order valence-electron chi connectivity index (χ2n) is 19.2. The van der Waals surface area contributed by atoms with E-state index >= 15 is 0 Å². The van der Waals surface area contributed by atoms with E-state index in [0.29, 0.717) is 5.56 Å². The Morgan fingerprint density at radius 1 is 0.314 bits per heavy atom. The van der Waals surface area contributed by atoms with Crippen LogP contribution in [0.25, 0.3) is 111 Å². The molecule has 12 rings (SSSR count). The molecule has 3 aromatic heterocycles. The quantitative estimate of drug-likeness (QED) is 0.160. The molecule has 0 bridgehead atoms. The zero-order chi connectivity index (χ0) is 47.8. The van der Waals surface area contributed by atoms with Gasteiger partial charge in [-0.15, -0.1) is 0 Å². The zero-order valence-electron chi connectivity index (χ0n) is 40.3. The fourth-order valence-corrected chi connectivity index (χ4v) is 10.5. The third kappa shape index (κ3) is 7.35. The van der Waals surface area contributed by atoms with Gasteiger partial charge in [0, 0.05) is 38.5 Å². The van der Waals surface area contributed by atoms with Gasteiger partial charge in [-0.2, -0.15) is 5.26 Å². The molecule has 0 aliphatic rings. The van der Waals surface area contributed by atoms with E-state index in [0.717, 1.165) is 122 Å². The standard InChI is InChI=1S/C66H50N4/c1-40-7-15-46(16-8-40)50-23-27-56-57-28-24-51(47-17-9-41(2)10-18-47)34-62(57)69(61(56)33-50)65-37-55(39-67)60(54-31-44(5)68-45(6)32-54)38-66(65)70-63-35-52(48-19-11-42(3)12-20-48)25-29-58(63)59-30-26-53(36-64(59)70)49-21-13-43(4)14-22-49/h7-38H,1-6H3. The van der Waals surface area contributed by atoms with Crippen molar-refractivity contribution in [3.63, 3.8) is 0 Å². The molecule has 0 radical (unpaired) electrons. The van der Waals surface area contributed by atoms with Crippen molar-refractivity contribution < 1.29 is 0 Å². The number of aromatic nitrogens is 3. The van der Waals surface area contributed by atoms with Crippen molar-refractivity contribution in [2.75, 3.05) is 0 Å². The largest absolute Gasteiger partial charge is 0.307 e. The van der Waals surface area contributed by atoms with Gasteiger partial charge in [-0.05, 0) is 140 Å². The molecule has 3 heterocycles. The molecule has 70 heavy (non-hydrogen) atoms. The molecule has 0 spiro atoms. The first-order chi connectivity index (χ1) is 34.1. The molecule has 0 aliphatic carbocycles. The molecule has 0 saturated carbocycles. The summed E-state index contributed by atoms with van der Waals surface area (Å²) in [5.74, 6) is 0. The Balaban J connectivity index is 1.25. The van der Waals surface area contributed by atoms with Crippen LogP contribution in [-0.4, -0.2) is 14.1 Å². The van der Waals surface area contributed by atoms with Gasteiger partial charge < -0.3 is 9.13 Å². The SMILES string of the molecule is Cc1ccc(-c2ccc3c4ccc(-c5ccc(C)cc5)cc4n(-c4cc(C#N)c(-c5cc(C)nc(C)c5)cc4-n4c5cc(-c6ccc(C)cc6)ccc5c5ccc(-c6ccc(C)cc6)cc54)c3c2)cc1. The summed E-state index contributed by atoms with van der Waals surface area (Å²) in [5, 5.41) is 15.9. The average molecular weight is 899 g/mol. The van der Waals surface area contributed by atoms with Crippen molar-refractivity contribution in [3.05, 3.63) is 233 Å². The van der Waals surface area contributed by atoms with Crippen LogP contribution in [0.2, 0.25) is 0 Å². The monoisotopic (exact) mass is 898 g/mol. The minimum Gasteiger partial charge on any atom is -0.307 e. The lowest BCUT2D eigenvalue weighted by Gasteiger charge is -2.20. The van der Waals surface area contributed by atoms with E-state index < -0.39 is 0 Å². The van der Waals surface area contributed by atoms with Crippen molar-refractivity contribution in [1.82, 2.24) is 14.1 Å². The fraction of sp³-hybridized carbons (Fsp3) is 0.0909. The molecule has 4 nitrogen and oxygen atoms in total. The van der Waals surface area contributed by atoms with Crippen LogP contribution in [0.15, 0.2) is 194 Å². The van der Waals surface area contributed by atoms with Gasteiger partial charge in [0.25, 0.3) is 0 Å². The van der Waals surface area contributed by atoms with Crippen LogP contribution >= 0.6 is 0 Å². The Morgan fingerprint density at radius 3 is 0.900 bits per heavy atom. The third-order valence-electron chi connectivity index (χ3n) is 14.2. The molecule has 334 valence electrons. The summed E-state index contributed by atoms with van der Waals surface area (Å²) in [5.41, 5.74) is 24.4. The van der Waals surface area contributed by atoms with E-state index in [4.69, 9.17) is 4.98 Å². The maximum Gasteiger partial charge on any atom is 0.0998 e. The minimum atomic E-state index is 0.588. The number of pyridine rings is 1. The number of aryl methyl sites for hydroxylation is 6. The average Bonchev–Trinajstić information content (AvgIpc) is 3.87. The Kier molecular flexibility index (Phi) is 10.2. The Labute approximate surface area is 409 Å². The summed E-state index contributed by atoms with van der Waals surface area (Å²) in [7, 11) is 0. The summed E-state index contributed by atoms with van der Waals surface area (Å²) in [6.45, 7) is 12.6. The number of hydrogen-bond donors (Lipinski definition) is 0. The van der Waals surface area contributed by atoms with Gasteiger partial charge >= 0.3 is 0 Å². The summed E-state index contributed by atoms with van der Waals surface area (Å²) in [4.78, 5) is 4.77. The van der Waals surface area contributed by atoms with Gasteiger partial charge in [0.1, 0.15) is 0 Å². The molecular weight excluding hydrogens is 849 g/mol. The van der Waals surface area contributed by atoms with Crippen LogP contribution in [0, 0.1) is 52.9 Å². The number of nitrogens with zero attached hydrogens (tertiary/aromatic N) is 4. The molecular formula is C66H50N4. The maximum atomic E-state index is 11.3. The van der Waals surface area contributed by atoms with E-state index in [1.807, 2.05) is 13.8 Å². The smallest absolute Gasteiger partial charge is 0.0998 e. The van der Waals surface area contributed by atoms with Crippen LogP contribution in [0.1, 0.15) is 39.2 Å². The summed E-state index contributed by atoms with van der Waals surface area (Å²) < 4.78 is 4.89. The highest BCUT2D eigenvalue weighted by atomic mass is 15.1. The molecule has 0 N–H and O–H groups in total. The second kappa shape index (κ2) is 16.8. The molecule has 9 aromatic carbocycles. The first-order valence-electron chi connectivity index (χ1n) is 24.1. The highest BCUT2D eigenvalue weighted by Gasteiger charge is 2.24. The number of benzene rings is 9. The van der Waals surface area contributed by atoms with Gasteiger partial charge in [-0.1, -0.05) is 168 Å². The highest BCUT2D eigenvalue weighted by Crippen LogP contribution is 2.44. The number of rotatable bonds is 7. The van der Waals surface area contributed by atoms with Gasteiger partial charge in [0.05, 0.1) is 45.1 Å². The highest BCUT2D eigenvalue weighted by molar-refractivity contribution is 6.14. The van der Waals surface area contributed by atoms with E-state index in [-0.39, 0.29) is 0 Å². The minimum absolute atomic E-state index is 0.588. The van der Waals surface area contributed by atoms with Crippen LogP contribution in [-0.2, 0) is 0 Å². The lowest BCUT2D eigenvalue weighted by Crippen LogP contribution is -2.06. The van der Waals surface area contributed by atoms with Crippen molar-refractivity contribution in [2.24, 2.45) is 0 Å². The number of nitriles is 1. The summed E-state index contributed by atoms with van der Waals surface area (Å²) >= 11 is 0. The molecule has 0 amide bonds. The molecule has 0 fully saturated rings. The Hall–Kier alpha value is -8.78. The fourth-order valence-electron chi connectivity index (χ4n) is 10.5. The van der Waals surface area contributed by atoms with Gasteiger partial charge in [-0.3, -0.25) is 4.98 Å². The molecule has 0 saturated heterocycles. The Morgan fingerprint density at radius 2 is 0.600 bits per heavy atom. The van der Waals surface area contributed by atoms with E-state index in [2.05, 4.69) is 237 Å². The molecule has 12 aromatic rings. The summed E-state index contributed by atoms with van der Waals surface area (Å²) in [6.07, 6.45) is 0. The number of hydrogen-bond acceptors (Lipinski definition) is 2. The van der Waals surface area contributed by atoms with Crippen LogP contribution in [0.4, 0.5) is 0 Å². The van der Waals surface area contributed by atoms with Crippen LogP contribution < -0.4 is 0 Å². The molecule has 4 heteroatoms. The van der Waals surface area contributed by atoms with Crippen LogP contribution in [0.3, 0.4) is 0 Å². The first-order valence-corrected chi connectivity index (χ1v) is 24.1. The van der Waals surface area contributed by atoms with E-state index in [1.165, 1.54) is 22.3 Å². The van der Waals surface area contributed by atoms with Crippen molar-refractivity contribution in [1.29, 1.82) is 5.26 Å². The third-order valence-corrected chi connectivity index (χ3v) is 14.2. The summed E-state index contributed by atoms with van der Waals surface area (Å²) in [6, 6.07) is 74.0. The lowest BCUT2D eigenvalue weighted by atomic mass is 9.97. The van der Waals surface area contributed by atoms with Gasteiger partial charge in [0.2, 0.25) is 0 Å². The van der Waals surface area contributed by atoms with Crippen molar-refractivity contribution in [2.45, 2.75) is 41.5 Å². The van der Waals surface area contributed by atoms with E-state index in [1.54, 1.807) is 0 Å². The Bertz CT molecular complexity index is 3860. The van der Waals surface area contributed by atoms with Gasteiger partial charge in [-0.25, -0.2) is 0 Å².